The zero-order valence-electron chi connectivity index (χ0n) is 13.0. The Balaban J connectivity index is 1.57. The fourth-order valence-corrected chi connectivity index (χ4v) is 3.11. The SMILES string of the molecule is O=C1C(Nc2nc3ccccc3[nH]2)CCCN1c1ccccc1F. The molecule has 122 valence electrons. The van der Waals surface area contributed by atoms with E-state index in [0.29, 0.717) is 24.6 Å². The number of halogens is 1. The van der Waals surface area contributed by atoms with Crippen LogP contribution in [0, 0.1) is 5.82 Å². The van der Waals surface area contributed by atoms with E-state index in [1.165, 1.54) is 11.0 Å². The van der Waals surface area contributed by atoms with E-state index < -0.39 is 6.04 Å². The van der Waals surface area contributed by atoms with E-state index in [-0.39, 0.29) is 11.7 Å². The molecule has 0 bridgehead atoms. The van der Waals surface area contributed by atoms with E-state index in [2.05, 4.69) is 15.3 Å². The number of amides is 1. The van der Waals surface area contributed by atoms with Gasteiger partial charge in [-0.3, -0.25) is 4.79 Å². The van der Waals surface area contributed by atoms with Gasteiger partial charge >= 0.3 is 0 Å². The minimum atomic E-state index is -0.418. The molecule has 0 spiro atoms. The fourth-order valence-electron chi connectivity index (χ4n) is 3.11. The van der Waals surface area contributed by atoms with Crippen LogP contribution >= 0.6 is 0 Å². The third kappa shape index (κ3) is 2.60. The summed E-state index contributed by atoms with van der Waals surface area (Å²) in [5, 5.41) is 3.16. The lowest BCUT2D eigenvalue weighted by atomic mass is 10.0. The van der Waals surface area contributed by atoms with Gasteiger partial charge in [-0.05, 0) is 37.1 Å². The van der Waals surface area contributed by atoms with Gasteiger partial charge in [0, 0.05) is 6.54 Å². The van der Waals surface area contributed by atoms with Crippen molar-refractivity contribution in [2.24, 2.45) is 0 Å². The number of benzene rings is 2. The molecule has 1 unspecified atom stereocenters. The second-order valence-corrected chi connectivity index (χ2v) is 5.88. The maximum absolute atomic E-state index is 14.0. The maximum Gasteiger partial charge on any atom is 0.249 e. The number of hydrogen-bond donors (Lipinski definition) is 2. The monoisotopic (exact) mass is 324 g/mol. The predicted molar refractivity (Wildman–Crippen MR) is 91.5 cm³/mol. The number of carbonyl (C=O) groups is 1. The van der Waals surface area contributed by atoms with Crippen LogP contribution in [0.5, 0.6) is 0 Å². The van der Waals surface area contributed by atoms with Gasteiger partial charge in [0.1, 0.15) is 11.9 Å². The summed E-state index contributed by atoms with van der Waals surface area (Å²) >= 11 is 0. The zero-order chi connectivity index (χ0) is 16.5. The van der Waals surface area contributed by atoms with Crippen molar-refractivity contribution in [3.8, 4) is 0 Å². The molecule has 0 aliphatic carbocycles. The standard InChI is InChI=1S/C18H17FN4O/c19-12-6-1-4-10-16(12)23-11-5-9-15(17(23)24)22-18-20-13-7-2-3-8-14(13)21-18/h1-4,6-8,10,15H,5,9,11H2,(H2,20,21,22). The van der Waals surface area contributed by atoms with Crippen LogP contribution in [0.1, 0.15) is 12.8 Å². The van der Waals surface area contributed by atoms with Crippen molar-refractivity contribution in [1.29, 1.82) is 0 Å². The van der Waals surface area contributed by atoms with Crippen LogP contribution in [0.3, 0.4) is 0 Å². The number of anilines is 2. The summed E-state index contributed by atoms with van der Waals surface area (Å²) in [6.45, 7) is 0.526. The van der Waals surface area contributed by atoms with E-state index >= 15 is 0 Å². The topological polar surface area (TPSA) is 61.0 Å². The van der Waals surface area contributed by atoms with Gasteiger partial charge in [0.15, 0.2) is 0 Å². The number of rotatable bonds is 3. The molecule has 1 aliphatic rings. The van der Waals surface area contributed by atoms with Crippen molar-refractivity contribution in [3.05, 3.63) is 54.3 Å². The van der Waals surface area contributed by atoms with Crippen LogP contribution in [0.25, 0.3) is 11.0 Å². The number of aromatic amines is 1. The van der Waals surface area contributed by atoms with E-state index in [9.17, 15) is 9.18 Å². The summed E-state index contributed by atoms with van der Waals surface area (Å²) in [6.07, 6.45) is 1.50. The molecule has 0 radical (unpaired) electrons. The molecule has 1 saturated heterocycles. The Labute approximate surface area is 138 Å². The average Bonchev–Trinajstić information content (AvgIpc) is 3.00. The van der Waals surface area contributed by atoms with E-state index in [0.717, 1.165) is 17.5 Å². The molecule has 1 aliphatic heterocycles. The molecule has 24 heavy (non-hydrogen) atoms. The van der Waals surface area contributed by atoms with Gasteiger partial charge < -0.3 is 15.2 Å². The van der Waals surface area contributed by atoms with Crippen LogP contribution in [0.4, 0.5) is 16.0 Å². The third-order valence-electron chi connectivity index (χ3n) is 4.28. The highest BCUT2D eigenvalue weighted by molar-refractivity contribution is 5.99. The predicted octanol–water partition coefficient (Wildman–Crippen LogP) is 3.31. The zero-order valence-corrected chi connectivity index (χ0v) is 13.0. The number of carbonyl (C=O) groups excluding carboxylic acids is 1. The van der Waals surface area contributed by atoms with E-state index in [1.54, 1.807) is 18.2 Å². The Morgan fingerprint density at radius 3 is 2.79 bits per heavy atom. The Kier molecular flexibility index (Phi) is 3.65. The quantitative estimate of drug-likeness (QED) is 0.777. The molecule has 2 heterocycles. The second-order valence-electron chi connectivity index (χ2n) is 5.88. The minimum Gasteiger partial charge on any atom is -0.344 e. The number of imidazole rings is 1. The molecule has 1 amide bonds. The molecule has 5 nitrogen and oxygen atoms in total. The lowest BCUT2D eigenvalue weighted by Gasteiger charge is -2.32. The average molecular weight is 324 g/mol. The second kappa shape index (κ2) is 5.96. The van der Waals surface area contributed by atoms with Gasteiger partial charge in [-0.15, -0.1) is 0 Å². The van der Waals surface area contributed by atoms with Crippen molar-refractivity contribution in [2.75, 3.05) is 16.8 Å². The third-order valence-corrected chi connectivity index (χ3v) is 4.28. The summed E-state index contributed by atoms with van der Waals surface area (Å²) in [5.74, 6) is 0.0481. The molecular formula is C18H17FN4O. The number of nitrogens with one attached hydrogen (secondary N) is 2. The molecule has 1 aromatic heterocycles. The van der Waals surface area contributed by atoms with Crippen LogP contribution in [0.2, 0.25) is 0 Å². The molecule has 2 aromatic carbocycles. The molecule has 2 N–H and O–H groups in total. The Bertz CT molecular complexity index is 858. The van der Waals surface area contributed by atoms with Crippen molar-refractivity contribution in [2.45, 2.75) is 18.9 Å². The Morgan fingerprint density at radius 2 is 1.96 bits per heavy atom. The van der Waals surface area contributed by atoms with E-state index in [1.807, 2.05) is 24.3 Å². The first-order valence-corrected chi connectivity index (χ1v) is 7.99. The number of H-pyrrole nitrogens is 1. The largest absolute Gasteiger partial charge is 0.344 e. The van der Waals surface area contributed by atoms with Gasteiger partial charge in [-0.25, -0.2) is 9.37 Å². The van der Waals surface area contributed by atoms with Crippen molar-refractivity contribution >= 4 is 28.6 Å². The number of aromatic nitrogens is 2. The minimum absolute atomic E-state index is 0.133. The smallest absolute Gasteiger partial charge is 0.249 e. The number of fused-ring (bicyclic) bond motifs is 1. The fraction of sp³-hybridized carbons (Fsp3) is 0.222. The summed E-state index contributed by atoms with van der Waals surface area (Å²) in [7, 11) is 0. The van der Waals surface area contributed by atoms with Crippen molar-refractivity contribution in [3.63, 3.8) is 0 Å². The number of nitrogens with zero attached hydrogens (tertiary/aromatic N) is 2. The lowest BCUT2D eigenvalue weighted by Crippen LogP contribution is -2.48. The Morgan fingerprint density at radius 1 is 1.17 bits per heavy atom. The number of hydrogen-bond acceptors (Lipinski definition) is 3. The summed E-state index contributed by atoms with van der Waals surface area (Å²) in [4.78, 5) is 21.9. The highest BCUT2D eigenvalue weighted by atomic mass is 19.1. The highest BCUT2D eigenvalue weighted by Gasteiger charge is 2.31. The van der Waals surface area contributed by atoms with Gasteiger partial charge in [-0.1, -0.05) is 24.3 Å². The van der Waals surface area contributed by atoms with Gasteiger partial charge in [0.25, 0.3) is 0 Å². The van der Waals surface area contributed by atoms with E-state index in [4.69, 9.17) is 0 Å². The first kappa shape index (κ1) is 14.7. The molecule has 1 fully saturated rings. The lowest BCUT2D eigenvalue weighted by molar-refractivity contribution is -0.120. The van der Waals surface area contributed by atoms with Gasteiger partial charge in [0.05, 0.1) is 16.7 Å². The first-order valence-electron chi connectivity index (χ1n) is 7.99. The van der Waals surface area contributed by atoms with Crippen LogP contribution in [0.15, 0.2) is 48.5 Å². The summed E-state index contributed by atoms with van der Waals surface area (Å²) < 4.78 is 14.0. The molecule has 1 atom stereocenters. The number of piperidine rings is 1. The van der Waals surface area contributed by atoms with Gasteiger partial charge in [0.2, 0.25) is 11.9 Å². The number of para-hydroxylation sites is 3. The molecule has 0 saturated carbocycles. The Hall–Kier alpha value is -2.89. The molecular weight excluding hydrogens is 307 g/mol. The molecule has 3 aromatic rings. The molecule has 6 heteroatoms. The summed E-state index contributed by atoms with van der Waals surface area (Å²) in [5.41, 5.74) is 2.09. The van der Waals surface area contributed by atoms with Crippen molar-refractivity contribution in [1.82, 2.24) is 9.97 Å². The van der Waals surface area contributed by atoms with Crippen LogP contribution in [-0.2, 0) is 4.79 Å². The van der Waals surface area contributed by atoms with Crippen molar-refractivity contribution < 1.29 is 9.18 Å². The highest BCUT2D eigenvalue weighted by Crippen LogP contribution is 2.25. The first-order chi connectivity index (χ1) is 11.7. The normalized spacial score (nSPS) is 18.1. The summed E-state index contributed by atoms with van der Waals surface area (Å²) in [6, 6.07) is 13.6. The van der Waals surface area contributed by atoms with Crippen LogP contribution < -0.4 is 10.2 Å². The van der Waals surface area contributed by atoms with Gasteiger partial charge in [-0.2, -0.15) is 0 Å². The molecule has 4 rings (SSSR count). The maximum atomic E-state index is 14.0. The van der Waals surface area contributed by atoms with Crippen LogP contribution in [-0.4, -0.2) is 28.5 Å².